The summed E-state index contributed by atoms with van der Waals surface area (Å²) >= 11 is 0. The number of hydrogen-bond acceptors (Lipinski definition) is 2. The Morgan fingerprint density at radius 1 is 1.32 bits per heavy atom. The molecule has 0 aliphatic heterocycles. The molecule has 0 aromatic rings. The molecule has 3 rings (SSSR count). The van der Waals surface area contributed by atoms with E-state index in [1.54, 1.807) is 0 Å². The smallest absolute Gasteiger partial charge is 0.139 e. The lowest BCUT2D eigenvalue weighted by molar-refractivity contribution is -0.140. The first kappa shape index (κ1) is 16.2. The third-order valence-electron chi connectivity index (χ3n) is 7.51. The van der Waals surface area contributed by atoms with Crippen LogP contribution >= 0.6 is 0 Å². The quantitative estimate of drug-likeness (QED) is 0.779. The molecule has 3 aliphatic rings. The van der Waals surface area contributed by atoms with Gasteiger partial charge in [-0.05, 0) is 68.6 Å². The molecule has 1 N–H and O–H groups in total. The SMILES string of the molecule is C[C@H](CC1C=CC(C)(O)C1)C1CC[C@@]2(C)C(=O)CCCC12C. The Morgan fingerprint density at radius 3 is 2.68 bits per heavy atom. The molecular weight excluding hydrogens is 272 g/mol. The summed E-state index contributed by atoms with van der Waals surface area (Å²) in [5.41, 5.74) is -0.507. The Morgan fingerprint density at radius 2 is 2.05 bits per heavy atom. The second-order valence-corrected chi connectivity index (χ2v) is 9.06. The van der Waals surface area contributed by atoms with Crippen LogP contribution in [-0.2, 0) is 4.79 Å². The lowest BCUT2D eigenvalue weighted by atomic mass is 9.54. The largest absolute Gasteiger partial charge is 0.386 e. The molecule has 4 unspecified atom stereocenters. The van der Waals surface area contributed by atoms with E-state index in [0.717, 1.165) is 32.1 Å². The van der Waals surface area contributed by atoms with Gasteiger partial charge in [0, 0.05) is 11.8 Å². The standard InChI is InChI=1S/C20H32O2/c1-14(12-15-7-10-18(2,22)13-15)16-8-11-20(4)17(21)6-5-9-19(16,20)3/h7,10,14-16,22H,5-6,8-9,11-13H2,1-4H3/t14-,15?,16?,18?,19?,20+/m1/s1. The highest BCUT2D eigenvalue weighted by Gasteiger charge is 2.60. The van der Waals surface area contributed by atoms with Crippen molar-refractivity contribution in [3.05, 3.63) is 12.2 Å². The number of carbonyl (C=O) groups is 1. The normalized spacial score (nSPS) is 49.4. The summed E-state index contributed by atoms with van der Waals surface area (Å²) in [5.74, 6) is 2.29. The van der Waals surface area contributed by atoms with Crippen LogP contribution in [0.2, 0.25) is 0 Å². The summed E-state index contributed by atoms with van der Waals surface area (Å²) in [5, 5.41) is 10.1. The van der Waals surface area contributed by atoms with Crippen LogP contribution in [0.25, 0.3) is 0 Å². The number of allylic oxidation sites excluding steroid dienone is 1. The van der Waals surface area contributed by atoms with Crippen molar-refractivity contribution in [1.29, 1.82) is 0 Å². The van der Waals surface area contributed by atoms with E-state index >= 15 is 0 Å². The highest BCUT2D eigenvalue weighted by atomic mass is 16.3. The summed E-state index contributed by atoms with van der Waals surface area (Å²) in [4.78, 5) is 12.6. The lowest BCUT2D eigenvalue weighted by Crippen LogP contribution is -2.47. The average Bonchev–Trinajstić information content (AvgIpc) is 2.89. The summed E-state index contributed by atoms with van der Waals surface area (Å²) in [6.07, 6.45) is 11.5. The Hall–Kier alpha value is -0.630. The zero-order chi connectivity index (χ0) is 16.2. The van der Waals surface area contributed by atoms with Crippen LogP contribution in [0.3, 0.4) is 0 Å². The molecule has 0 aromatic heterocycles. The van der Waals surface area contributed by atoms with E-state index in [4.69, 9.17) is 0 Å². The Bertz CT molecular complexity index is 492. The monoisotopic (exact) mass is 304 g/mol. The van der Waals surface area contributed by atoms with E-state index in [1.165, 1.54) is 12.8 Å². The van der Waals surface area contributed by atoms with Crippen molar-refractivity contribution in [3.63, 3.8) is 0 Å². The molecule has 124 valence electrons. The first-order valence-electron chi connectivity index (χ1n) is 9.13. The molecule has 2 fully saturated rings. The minimum atomic E-state index is -0.612. The first-order valence-corrected chi connectivity index (χ1v) is 9.13. The molecule has 0 saturated heterocycles. The number of rotatable bonds is 3. The van der Waals surface area contributed by atoms with Crippen molar-refractivity contribution in [1.82, 2.24) is 0 Å². The van der Waals surface area contributed by atoms with Crippen molar-refractivity contribution in [2.45, 2.75) is 78.2 Å². The van der Waals surface area contributed by atoms with Crippen LogP contribution in [-0.4, -0.2) is 16.5 Å². The zero-order valence-electron chi connectivity index (χ0n) is 14.7. The number of ketones is 1. The van der Waals surface area contributed by atoms with Crippen LogP contribution in [0.5, 0.6) is 0 Å². The minimum Gasteiger partial charge on any atom is -0.386 e. The fraction of sp³-hybridized carbons (Fsp3) is 0.850. The number of fused-ring (bicyclic) bond motifs is 1. The summed E-state index contributed by atoms with van der Waals surface area (Å²) in [6.45, 7) is 8.91. The molecule has 3 aliphatic carbocycles. The second kappa shape index (κ2) is 5.19. The molecule has 0 amide bonds. The third-order valence-corrected chi connectivity index (χ3v) is 7.51. The molecule has 0 bridgehead atoms. The van der Waals surface area contributed by atoms with Gasteiger partial charge < -0.3 is 5.11 Å². The topological polar surface area (TPSA) is 37.3 Å². The maximum atomic E-state index is 12.6. The molecule has 2 saturated carbocycles. The van der Waals surface area contributed by atoms with Crippen LogP contribution in [0.1, 0.15) is 72.6 Å². The van der Waals surface area contributed by atoms with Gasteiger partial charge in [-0.15, -0.1) is 0 Å². The number of aliphatic hydroxyl groups is 1. The predicted molar refractivity (Wildman–Crippen MR) is 89.4 cm³/mol. The molecule has 0 heterocycles. The fourth-order valence-electron chi connectivity index (χ4n) is 6.00. The number of Topliss-reactive ketones (excluding diaryl/α,β-unsaturated/α-hetero) is 1. The molecule has 0 radical (unpaired) electrons. The lowest BCUT2D eigenvalue weighted by Gasteiger charge is -2.48. The molecule has 0 aromatic carbocycles. The van der Waals surface area contributed by atoms with Crippen LogP contribution in [0.4, 0.5) is 0 Å². The predicted octanol–water partition coefficient (Wildman–Crippen LogP) is 4.52. The van der Waals surface area contributed by atoms with Crippen molar-refractivity contribution in [2.24, 2.45) is 28.6 Å². The molecule has 22 heavy (non-hydrogen) atoms. The Labute approximate surface area is 135 Å². The summed E-state index contributed by atoms with van der Waals surface area (Å²) in [6, 6.07) is 0. The van der Waals surface area contributed by atoms with Gasteiger partial charge in [0.2, 0.25) is 0 Å². The van der Waals surface area contributed by atoms with Gasteiger partial charge in [-0.3, -0.25) is 4.79 Å². The highest BCUT2D eigenvalue weighted by Crippen LogP contribution is 2.64. The van der Waals surface area contributed by atoms with Crippen molar-refractivity contribution in [3.8, 4) is 0 Å². The molecular formula is C20H32O2. The van der Waals surface area contributed by atoms with Crippen molar-refractivity contribution in [2.75, 3.05) is 0 Å². The van der Waals surface area contributed by atoms with Gasteiger partial charge in [0.15, 0.2) is 0 Å². The molecule has 2 nitrogen and oxygen atoms in total. The number of hydrogen-bond donors (Lipinski definition) is 1. The summed E-state index contributed by atoms with van der Waals surface area (Å²) in [7, 11) is 0. The van der Waals surface area contributed by atoms with E-state index in [0.29, 0.717) is 23.5 Å². The molecule has 2 heteroatoms. The van der Waals surface area contributed by atoms with Gasteiger partial charge in [0.1, 0.15) is 5.78 Å². The van der Waals surface area contributed by atoms with E-state index in [-0.39, 0.29) is 10.8 Å². The zero-order valence-corrected chi connectivity index (χ0v) is 14.7. The van der Waals surface area contributed by atoms with Gasteiger partial charge in [0.05, 0.1) is 5.60 Å². The summed E-state index contributed by atoms with van der Waals surface area (Å²) < 4.78 is 0. The number of carbonyl (C=O) groups excluding carboxylic acids is 1. The van der Waals surface area contributed by atoms with E-state index < -0.39 is 5.60 Å². The van der Waals surface area contributed by atoms with Crippen molar-refractivity contribution >= 4 is 5.78 Å². The van der Waals surface area contributed by atoms with Crippen LogP contribution in [0, 0.1) is 28.6 Å². The Balaban J connectivity index is 1.73. The van der Waals surface area contributed by atoms with Crippen LogP contribution < -0.4 is 0 Å². The highest BCUT2D eigenvalue weighted by molar-refractivity contribution is 5.86. The molecule has 6 atom stereocenters. The van der Waals surface area contributed by atoms with Gasteiger partial charge in [0.25, 0.3) is 0 Å². The van der Waals surface area contributed by atoms with Crippen molar-refractivity contribution < 1.29 is 9.90 Å². The van der Waals surface area contributed by atoms with Gasteiger partial charge in [-0.25, -0.2) is 0 Å². The van der Waals surface area contributed by atoms with E-state index in [2.05, 4.69) is 26.8 Å². The molecule has 0 spiro atoms. The van der Waals surface area contributed by atoms with Crippen LogP contribution in [0.15, 0.2) is 12.2 Å². The minimum absolute atomic E-state index is 0.0822. The van der Waals surface area contributed by atoms with Gasteiger partial charge in [-0.1, -0.05) is 32.9 Å². The van der Waals surface area contributed by atoms with E-state index in [9.17, 15) is 9.90 Å². The maximum Gasteiger partial charge on any atom is 0.139 e. The fourth-order valence-corrected chi connectivity index (χ4v) is 6.00. The second-order valence-electron chi connectivity index (χ2n) is 9.06. The Kier molecular flexibility index (Phi) is 3.83. The first-order chi connectivity index (χ1) is 10.2. The van der Waals surface area contributed by atoms with Gasteiger partial charge in [-0.2, -0.15) is 0 Å². The van der Waals surface area contributed by atoms with E-state index in [1.807, 2.05) is 13.0 Å². The third kappa shape index (κ3) is 2.38. The average molecular weight is 304 g/mol. The maximum absolute atomic E-state index is 12.6. The van der Waals surface area contributed by atoms with Gasteiger partial charge >= 0.3 is 0 Å².